The minimum absolute atomic E-state index is 0.0222. The fraction of sp³-hybridized carbons (Fsp3) is 0.333. The summed E-state index contributed by atoms with van der Waals surface area (Å²) in [5, 5.41) is 0. The first kappa shape index (κ1) is 24.8. The van der Waals surface area contributed by atoms with Crippen LogP contribution in [0.4, 0.5) is 22.0 Å². The maximum atomic E-state index is 13.2. The zero-order valence-corrected chi connectivity index (χ0v) is 17.8. The van der Waals surface area contributed by atoms with Crippen molar-refractivity contribution in [2.24, 2.45) is 5.92 Å². The van der Waals surface area contributed by atoms with E-state index in [1.807, 2.05) is 0 Å². The lowest BCUT2D eigenvalue weighted by Gasteiger charge is -2.30. The summed E-state index contributed by atoms with van der Waals surface area (Å²) in [6, 6.07) is 6.31. The average Bonchev–Trinajstić information content (AvgIpc) is 2.78. The number of nitrogens with zero attached hydrogens (tertiary/aromatic N) is 1. The molecule has 0 saturated carbocycles. The predicted molar refractivity (Wildman–Crippen MR) is 105 cm³/mol. The number of piperidine rings is 1. The Kier molecular flexibility index (Phi) is 7.17. The van der Waals surface area contributed by atoms with E-state index in [0.29, 0.717) is 12.1 Å². The van der Waals surface area contributed by atoms with Crippen LogP contribution in [0, 0.1) is 17.6 Å². The summed E-state index contributed by atoms with van der Waals surface area (Å²) in [6.07, 6.45) is -4.90. The highest BCUT2D eigenvalue weighted by Gasteiger charge is 2.40. The lowest BCUT2D eigenvalue weighted by molar-refractivity contribution is -0.148. The van der Waals surface area contributed by atoms with E-state index in [-0.39, 0.29) is 31.5 Å². The molecule has 12 heteroatoms. The molecule has 0 unspecified atom stereocenters. The third-order valence-electron chi connectivity index (χ3n) is 5.18. The summed E-state index contributed by atoms with van der Waals surface area (Å²) in [7, 11) is -4.45. The number of halogens is 5. The Labute approximate surface area is 186 Å². The fourth-order valence-corrected chi connectivity index (χ4v) is 5.09. The van der Waals surface area contributed by atoms with Crippen LogP contribution in [0.5, 0.6) is 0 Å². The fourth-order valence-electron chi connectivity index (χ4n) is 3.40. The number of hydrogen-bond acceptors (Lipinski definition) is 5. The Morgan fingerprint density at radius 2 is 1.64 bits per heavy atom. The van der Waals surface area contributed by atoms with Gasteiger partial charge in [-0.15, -0.1) is 0 Å². The van der Waals surface area contributed by atoms with E-state index >= 15 is 0 Å². The molecule has 0 aliphatic carbocycles. The van der Waals surface area contributed by atoms with Gasteiger partial charge >= 0.3 is 12.1 Å². The maximum absolute atomic E-state index is 13.2. The van der Waals surface area contributed by atoms with Gasteiger partial charge in [0, 0.05) is 18.7 Å². The van der Waals surface area contributed by atoms with Gasteiger partial charge in [0.25, 0.3) is 0 Å². The summed E-state index contributed by atoms with van der Waals surface area (Å²) >= 11 is 0. The minimum atomic E-state index is -4.86. The summed E-state index contributed by atoms with van der Waals surface area (Å²) in [4.78, 5) is 23.4. The molecule has 33 heavy (non-hydrogen) atoms. The van der Waals surface area contributed by atoms with Crippen LogP contribution in [0.15, 0.2) is 47.4 Å². The highest BCUT2D eigenvalue weighted by atomic mass is 32.2. The van der Waals surface area contributed by atoms with Crippen LogP contribution in [0.25, 0.3) is 0 Å². The number of esters is 1. The first-order valence-corrected chi connectivity index (χ1v) is 11.2. The zero-order chi connectivity index (χ0) is 24.4. The Balaban J connectivity index is 1.60. The predicted octanol–water partition coefficient (Wildman–Crippen LogP) is 3.81. The first-order chi connectivity index (χ1) is 15.4. The molecule has 3 rings (SSSR count). The van der Waals surface area contributed by atoms with Gasteiger partial charge in [0.05, 0.1) is 16.4 Å². The largest absolute Gasteiger partial charge is 0.457 e. The van der Waals surface area contributed by atoms with E-state index in [9.17, 15) is 40.0 Å². The van der Waals surface area contributed by atoms with Crippen molar-refractivity contribution >= 4 is 21.8 Å². The van der Waals surface area contributed by atoms with Crippen LogP contribution in [0.1, 0.15) is 28.8 Å². The molecule has 1 aliphatic rings. The molecule has 2 aromatic rings. The second-order valence-corrected chi connectivity index (χ2v) is 9.24. The number of ketones is 1. The third kappa shape index (κ3) is 5.56. The highest BCUT2D eigenvalue weighted by molar-refractivity contribution is 7.89. The standard InChI is InChI=1S/C21H18F5NO5S/c22-16-6-5-14(11-17(16)23)18(28)12-32-20(29)13-7-9-27(10-8-13)33(30,31)19-4-2-1-3-15(19)21(24,25)26/h1-6,11,13H,7-10,12H2. The molecule has 1 aliphatic heterocycles. The quantitative estimate of drug-likeness (QED) is 0.349. The number of rotatable bonds is 6. The number of alkyl halides is 3. The summed E-state index contributed by atoms with van der Waals surface area (Å²) in [6.45, 7) is -1.15. The van der Waals surface area contributed by atoms with Crippen molar-refractivity contribution in [3.63, 3.8) is 0 Å². The second kappa shape index (κ2) is 9.56. The second-order valence-electron chi connectivity index (χ2n) is 7.33. The van der Waals surface area contributed by atoms with Gasteiger partial charge in [-0.2, -0.15) is 17.5 Å². The third-order valence-corrected chi connectivity index (χ3v) is 7.14. The van der Waals surface area contributed by atoms with Crippen LogP contribution >= 0.6 is 0 Å². The van der Waals surface area contributed by atoms with Gasteiger partial charge in [0.2, 0.25) is 10.0 Å². The Hall–Kier alpha value is -2.86. The van der Waals surface area contributed by atoms with Gasteiger partial charge in [0.15, 0.2) is 24.0 Å². The number of Topliss-reactive ketones (excluding diaryl/α,β-unsaturated/α-hetero) is 1. The minimum Gasteiger partial charge on any atom is -0.457 e. The topological polar surface area (TPSA) is 80.8 Å². The van der Waals surface area contributed by atoms with E-state index in [0.717, 1.165) is 28.6 Å². The molecule has 0 N–H and O–H groups in total. The molecule has 0 amide bonds. The van der Waals surface area contributed by atoms with Crippen LogP contribution in [-0.2, 0) is 25.7 Å². The van der Waals surface area contributed by atoms with E-state index in [4.69, 9.17) is 4.74 Å². The zero-order valence-electron chi connectivity index (χ0n) is 16.9. The van der Waals surface area contributed by atoms with Crippen molar-refractivity contribution in [3.8, 4) is 0 Å². The molecule has 0 atom stereocenters. The smallest absolute Gasteiger partial charge is 0.417 e. The first-order valence-electron chi connectivity index (χ1n) is 9.72. The van der Waals surface area contributed by atoms with Gasteiger partial charge in [-0.25, -0.2) is 17.2 Å². The van der Waals surface area contributed by atoms with E-state index in [2.05, 4.69) is 0 Å². The van der Waals surface area contributed by atoms with Gasteiger partial charge in [-0.1, -0.05) is 12.1 Å². The van der Waals surface area contributed by atoms with Gasteiger partial charge in [0.1, 0.15) is 0 Å². The molecule has 178 valence electrons. The molecule has 0 aromatic heterocycles. The van der Waals surface area contributed by atoms with E-state index in [1.165, 1.54) is 6.07 Å². The molecule has 6 nitrogen and oxygen atoms in total. The normalized spacial score (nSPS) is 15.9. The van der Waals surface area contributed by atoms with Crippen LogP contribution in [0.2, 0.25) is 0 Å². The Morgan fingerprint density at radius 1 is 1.00 bits per heavy atom. The summed E-state index contributed by atoms with van der Waals surface area (Å²) in [5.74, 6) is -4.69. The van der Waals surface area contributed by atoms with Crippen molar-refractivity contribution in [1.82, 2.24) is 4.31 Å². The molecule has 1 saturated heterocycles. The van der Waals surface area contributed by atoms with Crippen LogP contribution in [-0.4, -0.2) is 44.2 Å². The Bertz CT molecular complexity index is 1160. The highest BCUT2D eigenvalue weighted by Crippen LogP contribution is 2.36. The SMILES string of the molecule is O=C(COC(=O)C1CCN(S(=O)(=O)c2ccccc2C(F)(F)F)CC1)c1ccc(F)c(F)c1. The monoisotopic (exact) mass is 491 g/mol. The van der Waals surface area contributed by atoms with E-state index < -0.39 is 62.6 Å². The summed E-state index contributed by atoms with van der Waals surface area (Å²) < 4.78 is 97.1. The lowest BCUT2D eigenvalue weighted by atomic mass is 9.98. The number of carbonyl (C=O) groups is 2. The molecule has 1 fully saturated rings. The number of ether oxygens (including phenoxy) is 1. The number of sulfonamides is 1. The molecular weight excluding hydrogens is 473 g/mol. The van der Waals surface area contributed by atoms with Crippen molar-refractivity contribution in [1.29, 1.82) is 0 Å². The van der Waals surface area contributed by atoms with Crippen LogP contribution in [0.3, 0.4) is 0 Å². The van der Waals surface area contributed by atoms with E-state index in [1.54, 1.807) is 0 Å². The van der Waals surface area contributed by atoms with Crippen molar-refractivity contribution < 1.29 is 44.7 Å². The molecule has 2 aromatic carbocycles. The van der Waals surface area contributed by atoms with Gasteiger partial charge < -0.3 is 4.74 Å². The molecular formula is C21H18F5NO5S. The van der Waals surface area contributed by atoms with Crippen LogP contribution < -0.4 is 0 Å². The Morgan fingerprint density at radius 3 is 2.24 bits per heavy atom. The van der Waals surface area contributed by atoms with Crippen molar-refractivity contribution in [3.05, 3.63) is 65.2 Å². The number of hydrogen-bond donors (Lipinski definition) is 0. The molecule has 1 heterocycles. The number of benzene rings is 2. The number of carbonyl (C=O) groups excluding carboxylic acids is 2. The van der Waals surface area contributed by atoms with Crippen molar-refractivity contribution in [2.75, 3.05) is 19.7 Å². The van der Waals surface area contributed by atoms with Gasteiger partial charge in [-0.05, 0) is 43.2 Å². The maximum Gasteiger partial charge on any atom is 0.417 e. The molecule has 0 radical (unpaired) electrons. The van der Waals surface area contributed by atoms with Crippen molar-refractivity contribution in [2.45, 2.75) is 23.9 Å². The lowest BCUT2D eigenvalue weighted by Crippen LogP contribution is -2.41. The molecule has 0 bridgehead atoms. The van der Waals surface area contributed by atoms with Gasteiger partial charge in [-0.3, -0.25) is 9.59 Å². The average molecular weight is 491 g/mol. The summed E-state index contributed by atoms with van der Waals surface area (Å²) in [5.41, 5.74) is -1.46. The molecule has 0 spiro atoms.